The van der Waals surface area contributed by atoms with Gasteiger partial charge in [-0.15, -0.1) is 11.3 Å². The number of thiazole rings is 1. The van der Waals surface area contributed by atoms with Crippen molar-refractivity contribution < 1.29 is 33.0 Å². The molecule has 71 heavy (non-hydrogen) atoms. The van der Waals surface area contributed by atoms with Crippen molar-refractivity contribution in [3.05, 3.63) is 58.2 Å². The summed E-state index contributed by atoms with van der Waals surface area (Å²) in [5.41, 5.74) is 9.41. The minimum Gasteiger partial charge on any atom is -0.464 e. The average Bonchev–Trinajstić information content (AvgIpc) is 3.86. The van der Waals surface area contributed by atoms with E-state index < -0.39 is 47.5 Å². The standard InChI is InChI=1S/C50H66FN9O6S.4H2S/c1-9-59-40-15-14-31-18-35(40)36(44(59)34-12-10-16-52-42(34)30(4)65-8)22-49(5,6)28-66-47(63)37-13-11-17-60(55-37)46(62)38(19-41-53-39(31)25-67-41)54-45(61)43(29(2)3)56(7)48(64)58-26-50(27-58)20-33(21-50)57-23-32(51)24-57;;;;/h10,12,14-16,18,25,29-30,32-33,37-38,43,55H,9,11,13,17,19-24,26-28H2,1-8H3,(H,54,61);4*1H2/t30-,37-,38-,43-;;;;/m0..../s1. The van der Waals surface area contributed by atoms with E-state index in [1.54, 1.807) is 25.3 Å². The maximum Gasteiger partial charge on any atom is 0.324 e. The van der Waals surface area contributed by atoms with E-state index in [4.69, 9.17) is 19.4 Å². The maximum atomic E-state index is 14.7. The van der Waals surface area contributed by atoms with Crippen molar-refractivity contribution in [3.8, 4) is 22.5 Å². The number of pyridine rings is 1. The molecule has 7 heterocycles. The number of cyclic esters (lactones) is 1. The lowest BCUT2D eigenvalue weighted by Gasteiger charge is -2.62. The van der Waals surface area contributed by atoms with Crippen molar-refractivity contribution in [3.63, 3.8) is 0 Å². The van der Waals surface area contributed by atoms with Gasteiger partial charge in [-0.2, -0.15) is 54.0 Å². The Labute approximate surface area is 449 Å². The predicted molar refractivity (Wildman–Crippen MR) is 296 cm³/mol. The van der Waals surface area contributed by atoms with Gasteiger partial charge in [0.1, 0.15) is 24.3 Å². The fourth-order valence-corrected chi connectivity index (χ4v) is 12.0. The van der Waals surface area contributed by atoms with Gasteiger partial charge in [0, 0.05) is 110 Å². The van der Waals surface area contributed by atoms with E-state index in [0.717, 1.165) is 57.5 Å². The first-order valence-corrected chi connectivity index (χ1v) is 24.9. The Kier molecular flexibility index (Phi) is 19.2. The first-order chi connectivity index (χ1) is 32.0. The normalized spacial score (nSPS) is 21.9. The number of hydrogen-bond acceptors (Lipinski definition) is 11. The van der Waals surface area contributed by atoms with Crippen LogP contribution in [0.15, 0.2) is 41.9 Å². The molecule has 5 aliphatic rings. The summed E-state index contributed by atoms with van der Waals surface area (Å²) >= 11 is 1.42. The molecule has 1 aromatic carbocycles. The van der Waals surface area contributed by atoms with Gasteiger partial charge in [0.05, 0.1) is 34.8 Å². The van der Waals surface area contributed by atoms with Crippen LogP contribution in [0.4, 0.5) is 9.18 Å². The molecule has 15 nitrogen and oxygen atoms in total. The number of benzene rings is 1. The van der Waals surface area contributed by atoms with Crippen molar-refractivity contribution in [1.29, 1.82) is 0 Å². The molecule has 2 N–H and O–H groups in total. The summed E-state index contributed by atoms with van der Waals surface area (Å²) in [7, 11) is 3.34. The highest BCUT2D eigenvalue weighted by atomic mass is 32.1. The van der Waals surface area contributed by atoms with Crippen LogP contribution in [-0.2, 0) is 43.2 Å². The van der Waals surface area contributed by atoms with Crippen LogP contribution in [0.2, 0.25) is 0 Å². The first kappa shape index (κ1) is 58.3. The van der Waals surface area contributed by atoms with Gasteiger partial charge < -0.3 is 29.2 Å². The Morgan fingerprint density at radius 3 is 2.46 bits per heavy atom. The largest absolute Gasteiger partial charge is 0.464 e. The molecule has 6 bridgehead atoms. The SMILES string of the molecule is CCn1c(-c2cccnc2[C@H](C)OC)c2c3cc(ccc31)-c1csc(n1)C[C@H](NC(=O)[C@H](C(C)C)N(C)C(=O)N1CC3(CC(N4CC(F)C4)C3)C1)C(=O)N1CCC[C@H](N1)C(=O)OCC(C)(C)C2.S.S.S.S. The summed E-state index contributed by atoms with van der Waals surface area (Å²) in [5, 5.41) is 8.20. The molecule has 21 heteroatoms. The predicted octanol–water partition coefficient (Wildman–Crippen LogP) is 6.85. The number of nitrogens with one attached hydrogen (secondary N) is 2. The molecule has 1 aliphatic carbocycles. The number of esters is 1. The third-order valence-corrected chi connectivity index (χ3v) is 15.7. The van der Waals surface area contributed by atoms with E-state index in [0.29, 0.717) is 69.6 Å². The number of urea groups is 1. The quantitative estimate of drug-likeness (QED) is 0.170. The van der Waals surface area contributed by atoms with E-state index in [-0.39, 0.29) is 90.5 Å². The summed E-state index contributed by atoms with van der Waals surface area (Å²) in [4.78, 5) is 72.4. The maximum absolute atomic E-state index is 14.7. The third-order valence-electron chi connectivity index (χ3n) is 14.8. The molecule has 3 saturated heterocycles. The lowest BCUT2D eigenvalue weighted by atomic mass is 9.60. The Balaban J connectivity index is 0.00000234. The van der Waals surface area contributed by atoms with Crippen LogP contribution in [0.25, 0.3) is 33.4 Å². The molecule has 0 radical (unpaired) electrons. The Morgan fingerprint density at radius 1 is 1.08 bits per heavy atom. The number of likely N-dealkylation sites (tertiary alicyclic amines) is 2. The van der Waals surface area contributed by atoms with Gasteiger partial charge in [-0.05, 0) is 81.7 Å². The van der Waals surface area contributed by atoms with E-state index in [9.17, 15) is 23.6 Å². The van der Waals surface area contributed by atoms with Crippen molar-refractivity contribution in [2.75, 3.05) is 53.5 Å². The fraction of sp³-hybridized carbons (Fsp3) is 0.600. The van der Waals surface area contributed by atoms with E-state index in [1.807, 2.05) is 32.2 Å². The third kappa shape index (κ3) is 11.6. The number of hydrazine groups is 1. The van der Waals surface area contributed by atoms with Gasteiger partial charge in [-0.25, -0.2) is 19.6 Å². The highest BCUT2D eigenvalue weighted by Gasteiger charge is 2.57. The molecule has 9 rings (SSSR count). The molecule has 3 aromatic heterocycles. The van der Waals surface area contributed by atoms with Crippen LogP contribution < -0.4 is 10.7 Å². The van der Waals surface area contributed by atoms with E-state index >= 15 is 0 Å². The van der Waals surface area contributed by atoms with Gasteiger partial charge in [-0.3, -0.25) is 29.3 Å². The summed E-state index contributed by atoms with van der Waals surface area (Å²) in [6.45, 7) is 15.5. The van der Waals surface area contributed by atoms with Gasteiger partial charge in [-0.1, -0.05) is 33.8 Å². The lowest BCUT2D eigenvalue weighted by Crippen LogP contribution is -2.71. The molecule has 1 saturated carbocycles. The topological polar surface area (TPSA) is 154 Å². The number of alkyl halides is 1. The monoisotopic (exact) mass is 1080 g/mol. The summed E-state index contributed by atoms with van der Waals surface area (Å²) in [6.07, 6.45) is 4.43. The number of carbonyl (C=O) groups excluding carboxylic acids is 4. The van der Waals surface area contributed by atoms with Crippen LogP contribution >= 0.6 is 65.3 Å². The zero-order valence-electron chi connectivity index (χ0n) is 42.1. The zero-order valence-corrected chi connectivity index (χ0v) is 47.0. The lowest BCUT2D eigenvalue weighted by molar-refractivity contribution is -0.155. The number of halogens is 1. The smallest absolute Gasteiger partial charge is 0.324 e. The molecule has 392 valence electrons. The number of aryl methyl sites for hydroxylation is 1. The van der Waals surface area contributed by atoms with E-state index in [2.05, 4.69) is 65.2 Å². The van der Waals surface area contributed by atoms with Crippen molar-refractivity contribution in [1.82, 2.24) is 45.0 Å². The molecular formula is C50H74FN9O6S5. The Morgan fingerprint density at radius 2 is 1.80 bits per heavy atom. The number of amides is 4. The van der Waals surface area contributed by atoms with Crippen LogP contribution in [0.5, 0.6) is 0 Å². The Hall–Kier alpha value is -3.57. The number of aromatic nitrogens is 3. The molecule has 1 spiro atoms. The minimum absolute atomic E-state index is 0. The number of likely N-dealkylation sites (N-methyl/N-ethyl adjacent to an activating group) is 1. The highest BCUT2D eigenvalue weighted by molar-refractivity contribution is 7.59. The molecule has 0 unspecified atom stereocenters. The van der Waals surface area contributed by atoms with Gasteiger partial charge in [0.2, 0.25) is 5.91 Å². The first-order valence-electron chi connectivity index (χ1n) is 24.0. The number of hydrogen-bond donors (Lipinski definition) is 2. The molecule has 4 aliphatic heterocycles. The molecule has 4 aromatic rings. The Bertz CT molecular complexity index is 2540. The molecule has 4 atom stereocenters. The summed E-state index contributed by atoms with van der Waals surface area (Å²) < 4.78 is 27.8. The van der Waals surface area contributed by atoms with Crippen molar-refractivity contribution in [2.45, 2.75) is 123 Å². The minimum atomic E-state index is -1.06. The number of rotatable bonds is 9. The second-order valence-electron chi connectivity index (χ2n) is 20.8. The number of ether oxygens (including phenoxy) is 2. The second kappa shape index (κ2) is 23.3. The van der Waals surface area contributed by atoms with Gasteiger partial charge in [0.15, 0.2) is 0 Å². The average molecular weight is 1080 g/mol. The number of fused-ring (bicyclic) bond motifs is 6. The van der Waals surface area contributed by atoms with Crippen molar-refractivity contribution >= 4 is 100 Å². The zero-order chi connectivity index (χ0) is 47.5. The molecular weight excluding hydrogens is 1000 g/mol. The summed E-state index contributed by atoms with van der Waals surface area (Å²) in [6, 6.07) is 7.90. The fourth-order valence-electron chi connectivity index (χ4n) is 11.2. The van der Waals surface area contributed by atoms with Crippen molar-refractivity contribution in [2.24, 2.45) is 16.7 Å². The molecule has 4 amide bonds. The number of methoxy groups -OCH3 is 1. The van der Waals surface area contributed by atoms with Gasteiger partial charge >= 0.3 is 12.0 Å². The molecule has 4 fully saturated rings. The van der Waals surface area contributed by atoms with Crippen LogP contribution in [0.1, 0.15) is 89.6 Å². The van der Waals surface area contributed by atoms with Crippen LogP contribution in [-0.4, -0.2) is 142 Å². The highest BCUT2D eigenvalue weighted by Crippen LogP contribution is 2.51. The van der Waals surface area contributed by atoms with E-state index in [1.165, 1.54) is 21.2 Å². The van der Waals surface area contributed by atoms with Gasteiger partial charge in [0.25, 0.3) is 5.91 Å². The summed E-state index contributed by atoms with van der Waals surface area (Å²) in [5.74, 6) is -1.56. The van der Waals surface area contributed by atoms with Crippen LogP contribution in [0, 0.1) is 16.7 Å². The number of nitrogens with zero attached hydrogens (tertiary/aromatic N) is 7. The second-order valence-corrected chi connectivity index (χ2v) is 21.8. The number of carbonyl (C=O) groups is 4. The van der Waals surface area contributed by atoms with Crippen LogP contribution in [0.3, 0.4) is 0 Å².